The maximum absolute atomic E-state index is 11.9. The topological polar surface area (TPSA) is 66.5 Å². The van der Waals surface area contributed by atoms with E-state index >= 15 is 0 Å². The van der Waals surface area contributed by atoms with Crippen LogP contribution in [-0.4, -0.2) is 44.1 Å². The Kier molecular flexibility index (Phi) is 4.44. The van der Waals surface area contributed by atoms with Crippen molar-refractivity contribution < 1.29 is 13.2 Å². The largest absolute Gasteiger partial charge is 0.339 e. The van der Waals surface area contributed by atoms with Gasteiger partial charge in [-0.3, -0.25) is 4.79 Å². The summed E-state index contributed by atoms with van der Waals surface area (Å²) in [7, 11) is -3.22. The molecule has 6 heteroatoms. The Balaban J connectivity index is 1.76. The van der Waals surface area contributed by atoms with Crippen LogP contribution in [0.4, 0.5) is 0 Å². The van der Waals surface area contributed by atoms with E-state index < -0.39 is 10.0 Å². The number of sulfonamides is 1. The highest BCUT2D eigenvalue weighted by atomic mass is 32.2. The highest BCUT2D eigenvalue weighted by molar-refractivity contribution is 7.89. The molecule has 2 fully saturated rings. The predicted octanol–water partition coefficient (Wildman–Crippen LogP) is 1.35. The molecule has 1 saturated carbocycles. The quantitative estimate of drug-likeness (QED) is 0.805. The van der Waals surface area contributed by atoms with Crippen molar-refractivity contribution in [3.05, 3.63) is 0 Å². The first-order valence-corrected chi connectivity index (χ1v) is 9.08. The van der Waals surface area contributed by atoms with Gasteiger partial charge in [-0.2, -0.15) is 0 Å². The SMILES string of the molecule is CC(C)(C)CCS(=O)(=O)NC[C@@H]1CC(=O)N(C2CC2)C1. The Bertz CT molecular complexity index is 463. The zero-order valence-corrected chi connectivity index (χ0v) is 13.5. The molecule has 1 atom stereocenters. The monoisotopic (exact) mass is 302 g/mol. The summed E-state index contributed by atoms with van der Waals surface area (Å²) >= 11 is 0. The third kappa shape index (κ3) is 4.74. The molecule has 5 nitrogen and oxygen atoms in total. The fourth-order valence-electron chi connectivity index (χ4n) is 2.44. The van der Waals surface area contributed by atoms with Crippen molar-refractivity contribution in [2.24, 2.45) is 11.3 Å². The number of hydrogen-bond acceptors (Lipinski definition) is 3. The lowest BCUT2D eigenvalue weighted by Crippen LogP contribution is -2.34. The molecular weight excluding hydrogens is 276 g/mol. The summed E-state index contributed by atoms with van der Waals surface area (Å²) in [5.41, 5.74) is 0.0147. The van der Waals surface area contributed by atoms with Crippen LogP contribution in [0.3, 0.4) is 0 Å². The minimum Gasteiger partial charge on any atom is -0.339 e. The van der Waals surface area contributed by atoms with Gasteiger partial charge >= 0.3 is 0 Å². The highest BCUT2D eigenvalue weighted by Crippen LogP contribution is 2.32. The van der Waals surface area contributed by atoms with Crippen molar-refractivity contribution in [1.29, 1.82) is 0 Å². The molecule has 20 heavy (non-hydrogen) atoms. The van der Waals surface area contributed by atoms with Gasteiger partial charge in [0.1, 0.15) is 0 Å². The molecule has 0 aromatic heterocycles. The molecule has 1 aliphatic carbocycles. The van der Waals surface area contributed by atoms with Gasteiger partial charge in [0, 0.05) is 25.6 Å². The minimum absolute atomic E-state index is 0.0147. The first-order valence-electron chi connectivity index (χ1n) is 7.43. The van der Waals surface area contributed by atoms with Gasteiger partial charge in [0.2, 0.25) is 15.9 Å². The summed E-state index contributed by atoms with van der Waals surface area (Å²) in [6.45, 7) is 7.20. The molecule has 0 radical (unpaired) electrons. The van der Waals surface area contributed by atoms with E-state index in [0.29, 0.717) is 32.0 Å². The molecule has 0 aromatic rings. The first kappa shape index (κ1) is 15.8. The van der Waals surface area contributed by atoms with E-state index in [1.165, 1.54) is 0 Å². The molecule has 1 amide bonds. The van der Waals surface area contributed by atoms with E-state index in [1.54, 1.807) is 0 Å². The second-order valence-electron chi connectivity index (χ2n) is 7.33. The van der Waals surface area contributed by atoms with Crippen molar-refractivity contribution >= 4 is 15.9 Å². The van der Waals surface area contributed by atoms with Gasteiger partial charge in [-0.05, 0) is 30.6 Å². The number of nitrogens with one attached hydrogen (secondary N) is 1. The molecule has 0 bridgehead atoms. The van der Waals surface area contributed by atoms with Crippen molar-refractivity contribution in [1.82, 2.24) is 9.62 Å². The second-order valence-corrected chi connectivity index (χ2v) is 9.25. The Labute approximate surface area is 122 Å². The zero-order chi connectivity index (χ0) is 15.0. The molecule has 0 spiro atoms. The lowest BCUT2D eigenvalue weighted by molar-refractivity contribution is -0.128. The molecule has 1 heterocycles. The maximum atomic E-state index is 11.9. The van der Waals surface area contributed by atoms with Crippen molar-refractivity contribution in [2.45, 2.75) is 52.5 Å². The molecule has 1 N–H and O–H groups in total. The van der Waals surface area contributed by atoms with Crippen LogP contribution in [0, 0.1) is 11.3 Å². The van der Waals surface area contributed by atoms with Crippen LogP contribution < -0.4 is 4.72 Å². The summed E-state index contributed by atoms with van der Waals surface area (Å²) in [6.07, 6.45) is 3.34. The van der Waals surface area contributed by atoms with Gasteiger partial charge in [-0.15, -0.1) is 0 Å². The summed E-state index contributed by atoms with van der Waals surface area (Å²) in [6, 6.07) is 0.435. The van der Waals surface area contributed by atoms with E-state index in [-0.39, 0.29) is 23.0 Å². The van der Waals surface area contributed by atoms with Crippen LogP contribution in [0.1, 0.15) is 46.5 Å². The van der Waals surface area contributed by atoms with Gasteiger partial charge in [0.15, 0.2) is 0 Å². The van der Waals surface area contributed by atoms with Crippen LogP contribution >= 0.6 is 0 Å². The summed E-state index contributed by atoms with van der Waals surface area (Å²) in [5.74, 6) is 0.475. The van der Waals surface area contributed by atoms with Crippen molar-refractivity contribution in [3.63, 3.8) is 0 Å². The van der Waals surface area contributed by atoms with Crippen molar-refractivity contribution in [2.75, 3.05) is 18.8 Å². The number of nitrogens with zero attached hydrogens (tertiary/aromatic N) is 1. The summed E-state index contributed by atoms with van der Waals surface area (Å²) in [4.78, 5) is 13.7. The Morgan fingerprint density at radius 2 is 1.95 bits per heavy atom. The van der Waals surface area contributed by atoms with E-state index in [9.17, 15) is 13.2 Å². The fraction of sp³-hybridized carbons (Fsp3) is 0.929. The number of carbonyl (C=O) groups is 1. The van der Waals surface area contributed by atoms with Gasteiger partial charge in [-0.1, -0.05) is 20.8 Å². The molecule has 116 valence electrons. The lowest BCUT2D eigenvalue weighted by atomic mass is 9.94. The number of likely N-dealkylation sites (tertiary alicyclic amines) is 1. The summed E-state index contributed by atoms with van der Waals surface area (Å²) in [5, 5.41) is 0. The molecular formula is C14H26N2O3S. The molecule has 2 rings (SSSR count). The van der Waals surface area contributed by atoms with Gasteiger partial charge < -0.3 is 4.90 Å². The number of rotatable bonds is 6. The minimum atomic E-state index is -3.22. The van der Waals surface area contributed by atoms with E-state index in [4.69, 9.17) is 0 Å². The Morgan fingerprint density at radius 1 is 1.30 bits per heavy atom. The van der Waals surface area contributed by atoms with Crippen LogP contribution in [0.25, 0.3) is 0 Å². The van der Waals surface area contributed by atoms with Crippen LogP contribution in [0.2, 0.25) is 0 Å². The van der Waals surface area contributed by atoms with E-state index in [1.807, 2.05) is 25.7 Å². The molecule has 0 unspecified atom stereocenters. The summed E-state index contributed by atoms with van der Waals surface area (Å²) < 4.78 is 26.5. The maximum Gasteiger partial charge on any atom is 0.223 e. The fourth-order valence-corrected chi connectivity index (χ4v) is 3.96. The second kappa shape index (κ2) is 5.64. The number of amides is 1. The van der Waals surface area contributed by atoms with Crippen molar-refractivity contribution in [3.8, 4) is 0 Å². The smallest absolute Gasteiger partial charge is 0.223 e. The zero-order valence-electron chi connectivity index (χ0n) is 12.7. The van der Waals surface area contributed by atoms with Gasteiger partial charge in [-0.25, -0.2) is 13.1 Å². The lowest BCUT2D eigenvalue weighted by Gasteiger charge is -2.19. The molecule has 1 aliphatic heterocycles. The van der Waals surface area contributed by atoms with Gasteiger partial charge in [0.25, 0.3) is 0 Å². The highest BCUT2D eigenvalue weighted by Gasteiger charge is 2.39. The van der Waals surface area contributed by atoms with Gasteiger partial charge in [0.05, 0.1) is 5.75 Å². The number of hydrogen-bond donors (Lipinski definition) is 1. The Hall–Kier alpha value is -0.620. The van der Waals surface area contributed by atoms with Crippen LogP contribution in [-0.2, 0) is 14.8 Å². The predicted molar refractivity (Wildman–Crippen MR) is 78.7 cm³/mol. The molecule has 1 saturated heterocycles. The van der Waals surface area contributed by atoms with Crippen LogP contribution in [0.15, 0.2) is 0 Å². The first-order chi connectivity index (χ1) is 9.16. The third-order valence-electron chi connectivity index (χ3n) is 3.94. The van der Waals surface area contributed by atoms with E-state index in [2.05, 4.69) is 4.72 Å². The average molecular weight is 302 g/mol. The standard InChI is InChI=1S/C14H26N2O3S/c1-14(2,3)6-7-20(18,19)15-9-11-8-13(17)16(10-11)12-4-5-12/h11-12,15H,4-10H2,1-3H3/t11-/m0/s1. The van der Waals surface area contributed by atoms with E-state index in [0.717, 1.165) is 12.8 Å². The third-order valence-corrected chi connectivity index (χ3v) is 5.29. The molecule has 2 aliphatic rings. The number of carbonyl (C=O) groups excluding carboxylic acids is 1. The Morgan fingerprint density at radius 3 is 2.50 bits per heavy atom. The van der Waals surface area contributed by atoms with Crippen LogP contribution in [0.5, 0.6) is 0 Å². The average Bonchev–Trinajstić information content (AvgIpc) is 3.08. The molecule has 0 aromatic carbocycles. The normalized spacial score (nSPS) is 24.4.